The third-order valence-corrected chi connectivity index (χ3v) is 3.50. The normalized spacial score (nSPS) is 10.3. The molecule has 4 nitrogen and oxygen atoms in total. The highest BCUT2D eigenvalue weighted by atomic mass is 35.5. The zero-order valence-electron chi connectivity index (χ0n) is 10.4. The first-order valence-electron chi connectivity index (χ1n) is 5.53. The number of aromatic nitrogens is 2. The van der Waals surface area contributed by atoms with Crippen molar-refractivity contribution >= 4 is 23.2 Å². The zero-order valence-corrected chi connectivity index (χ0v) is 12.0. The summed E-state index contributed by atoms with van der Waals surface area (Å²) in [7, 11) is 1.78. The van der Waals surface area contributed by atoms with Crippen molar-refractivity contribution in [2.75, 3.05) is 0 Å². The second-order valence-corrected chi connectivity index (χ2v) is 4.79. The van der Waals surface area contributed by atoms with E-state index in [1.165, 1.54) is 0 Å². The molecule has 1 heterocycles. The number of rotatable bonds is 3. The van der Waals surface area contributed by atoms with Gasteiger partial charge < -0.3 is 4.74 Å². The fourth-order valence-electron chi connectivity index (χ4n) is 1.67. The largest absolute Gasteiger partial charge is 0.489 e. The fourth-order valence-corrected chi connectivity index (χ4v) is 2.11. The average molecular weight is 296 g/mol. The summed E-state index contributed by atoms with van der Waals surface area (Å²) in [6.07, 6.45) is 0. The number of aryl methyl sites for hydroxylation is 2. The van der Waals surface area contributed by atoms with E-state index in [0.29, 0.717) is 28.1 Å². The van der Waals surface area contributed by atoms with Gasteiger partial charge in [0.1, 0.15) is 23.6 Å². The Bertz CT molecular complexity index is 659. The van der Waals surface area contributed by atoms with Gasteiger partial charge in [-0.3, -0.25) is 4.68 Å². The summed E-state index contributed by atoms with van der Waals surface area (Å²) in [4.78, 5) is 0. The lowest BCUT2D eigenvalue weighted by Gasteiger charge is -2.07. The molecule has 0 N–H and O–H groups in total. The van der Waals surface area contributed by atoms with Crippen LogP contribution in [0.3, 0.4) is 0 Å². The average Bonchev–Trinajstić information content (AvgIpc) is 2.61. The first kappa shape index (κ1) is 13.7. The number of benzene rings is 1. The fraction of sp³-hybridized carbons (Fsp3) is 0.231. The minimum Gasteiger partial charge on any atom is -0.489 e. The molecule has 19 heavy (non-hydrogen) atoms. The summed E-state index contributed by atoms with van der Waals surface area (Å²) < 4.78 is 7.21. The van der Waals surface area contributed by atoms with Gasteiger partial charge in [-0.1, -0.05) is 23.2 Å². The number of ether oxygens (including phenoxy) is 1. The Morgan fingerprint density at radius 1 is 1.42 bits per heavy atom. The van der Waals surface area contributed by atoms with Gasteiger partial charge in [0.2, 0.25) is 0 Å². The summed E-state index contributed by atoms with van der Waals surface area (Å²) in [5, 5.41) is 13.9. The van der Waals surface area contributed by atoms with Gasteiger partial charge in [-0.15, -0.1) is 0 Å². The Hall–Kier alpha value is -1.70. The van der Waals surface area contributed by atoms with Crippen LogP contribution in [0.2, 0.25) is 10.2 Å². The second kappa shape index (κ2) is 5.52. The maximum Gasteiger partial charge on any atom is 0.133 e. The van der Waals surface area contributed by atoms with Crippen molar-refractivity contribution in [1.29, 1.82) is 5.26 Å². The van der Waals surface area contributed by atoms with Gasteiger partial charge in [-0.05, 0) is 19.1 Å². The Kier molecular flexibility index (Phi) is 3.98. The Morgan fingerprint density at radius 2 is 2.16 bits per heavy atom. The summed E-state index contributed by atoms with van der Waals surface area (Å²) in [5.74, 6) is 0.586. The van der Waals surface area contributed by atoms with E-state index < -0.39 is 0 Å². The lowest BCUT2D eigenvalue weighted by Crippen LogP contribution is -1.97. The molecular formula is C13H11Cl2N3O. The maximum atomic E-state index is 8.79. The highest BCUT2D eigenvalue weighted by Gasteiger charge is 2.12. The minimum atomic E-state index is 0.306. The molecule has 1 aromatic carbocycles. The van der Waals surface area contributed by atoms with Crippen molar-refractivity contribution in [1.82, 2.24) is 9.78 Å². The number of nitriles is 1. The van der Waals surface area contributed by atoms with E-state index in [1.807, 2.05) is 13.0 Å². The number of hydrogen-bond donors (Lipinski definition) is 0. The zero-order chi connectivity index (χ0) is 14.0. The van der Waals surface area contributed by atoms with Crippen LogP contribution < -0.4 is 4.74 Å². The lowest BCUT2D eigenvalue weighted by atomic mass is 10.2. The quantitative estimate of drug-likeness (QED) is 0.871. The molecule has 1 aromatic heterocycles. The second-order valence-electron chi connectivity index (χ2n) is 4.02. The van der Waals surface area contributed by atoms with Crippen LogP contribution in [-0.2, 0) is 13.7 Å². The molecule has 0 saturated heterocycles. The van der Waals surface area contributed by atoms with E-state index in [0.717, 1.165) is 11.3 Å². The Labute approximate surface area is 121 Å². The Morgan fingerprint density at radius 3 is 2.68 bits per heavy atom. The van der Waals surface area contributed by atoms with Crippen molar-refractivity contribution in [2.24, 2.45) is 7.05 Å². The van der Waals surface area contributed by atoms with Gasteiger partial charge in [0.15, 0.2) is 0 Å². The number of halogens is 2. The summed E-state index contributed by atoms with van der Waals surface area (Å²) in [5.41, 5.74) is 2.08. The van der Waals surface area contributed by atoms with Crippen molar-refractivity contribution < 1.29 is 4.74 Å². The highest BCUT2D eigenvalue weighted by molar-refractivity contribution is 6.31. The van der Waals surface area contributed by atoms with Crippen molar-refractivity contribution in [3.05, 3.63) is 45.2 Å². The monoisotopic (exact) mass is 295 g/mol. The SMILES string of the molecule is Cc1nn(C)c(Cl)c1COc1ccc(C#N)c(Cl)c1. The topological polar surface area (TPSA) is 50.8 Å². The van der Waals surface area contributed by atoms with Crippen LogP contribution in [0, 0.1) is 18.3 Å². The van der Waals surface area contributed by atoms with Gasteiger partial charge in [0.25, 0.3) is 0 Å². The number of hydrogen-bond acceptors (Lipinski definition) is 3. The molecule has 0 amide bonds. The molecule has 0 unspecified atom stereocenters. The van der Waals surface area contributed by atoms with Crippen LogP contribution in [0.4, 0.5) is 0 Å². The molecule has 0 aliphatic heterocycles. The van der Waals surface area contributed by atoms with Crippen LogP contribution in [0.1, 0.15) is 16.8 Å². The van der Waals surface area contributed by atoms with Crippen molar-refractivity contribution in [3.8, 4) is 11.8 Å². The smallest absolute Gasteiger partial charge is 0.133 e. The third kappa shape index (κ3) is 2.83. The third-order valence-electron chi connectivity index (χ3n) is 2.71. The van der Waals surface area contributed by atoms with Gasteiger partial charge >= 0.3 is 0 Å². The molecule has 98 valence electrons. The van der Waals surface area contributed by atoms with Gasteiger partial charge in [0.05, 0.1) is 16.3 Å². The predicted octanol–water partition coefficient (Wildman–Crippen LogP) is 3.49. The molecule has 0 atom stereocenters. The first-order chi connectivity index (χ1) is 9.02. The first-order valence-corrected chi connectivity index (χ1v) is 6.29. The lowest BCUT2D eigenvalue weighted by molar-refractivity contribution is 0.305. The molecule has 0 radical (unpaired) electrons. The van der Waals surface area contributed by atoms with Crippen LogP contribution in [0.5, 0.6) is 5.75 Å². The molecule has 0 saturated carbocycles. The standard InChI is InChI=1S/C13H11Cl2N3O/c1-8-11(13(15)18(2)17-8)7-19-10-4-3-9(6-16)12(14)5-10/h3-5H,7H2,1-2H3. The molecule has 6 heteroatoms. The van der Waals surface area contributed by atoms with Gasteiger partial charge in [-0.25, -0.2) is 0 Å². The van der Waals surface area contributed by atoms with E-state index >= 15 is 0 Å². The van der Waals surface area contributed by atoms with E-state index in [4.69, 9.17) is 33.2 Å². The summed E-state index contributed by atoms with van der Waals surface area (Å²) in [6, 6.07) is 6.93. The van der Waals surface area contributed by atoms with Gasteiger partial charge in [0, 0.05) is 18.7 Å². The molecule has 0 spiro atoms. The van der Waals surface area contributed by atoms with Crippen molar-refractivity contribution in [3.63, 3.8) is 0 Å². The van der Waals surface area contributed by atoms with Crippen LogP contribution in [0.25, 0.3) is 0 Å². The molecule has 0 aliphatic rings. The van der Waals surface area contributed by atoms with Crippen LogP contribution in [-0.4, -0.2) is 9.78 Å². The predicted molar refractivity (Wildman–Crippen MR) is 73.5 cm³/mol. The van der Waals surface area contributed by atoms with Crippen LogP contribution >= 0.6 is 23.2 Å². The van der Waals surface area contributed by atoms with E-state index in [-0.39, 0.29) is 0 Å². The molecule has 2 aromatic rings. The molecule has 0 fully saturated rings. The summed E-state index contributed by atoms with van der Waals surface area (Å²) in [6.45, 7) is 2.18. The summed E-state index contributed by atoms with van der Waals surface area (Å²) >= 11 is 12.0. The van der Waals surface area contributed by atoms with Gasteiger partial charge in [-0.2, -0.15) is 10.4 Å². The molecule has 2 rings (SSSR count). The number of nitrogens with zero attached hydrogens (tertiary/aromatic N) is 3. The molecule has 0 aliphatic carbocycles. The van der Waals surface area contributed by atoms with E-state index in [9.17, 15) is 0 Å². The van der Waals surface area contributed by atoms with Crippen molar-refractivity contribution in [2.45, 2.75) is 13.5 Å². The van der Waals surface area contributed by atoms with E-state index in [1.54, 1.807) is 29.9 Å². The highest BCUT2D eigenvalue weighted by Crippen LogP contribution is 2.24. The molecular weight excluding hydrogens is 285 g/mol. The van der Waals surface area contributed by atoms with E-state index in [2.05, 4.69) is 5.10 Å². The van der Waals surface area contributed by atoms with Crippen LogP contribution in [0.15, 0.2) is 18.2 Å². The Balaban J connectivity index is 2.15. The maximum absolute atomic E-state index is 8.79. The molecule has 0 bridgehead atoms. The minimum absolute atomic E-state index is 0.306.